The van der Waals surface area contributed by atoms with E-state index in [1.165, 1.54) is 108 Å². The van der Waals surface area contributed by atoms with E-state index < -0.39 is 7.26 Å². The maximum atomic E-state index is 2.44. The zero-order chi connectivity index (χ0) is 17.2. The number of hydrogen-bond donors (Lipinski definition) is 1. The van der Waals surface area contributed by atoms with Crippen LogP contribution in [0.3, 0.4) is 0 Å². The van der Waals surface area contributed by atoms with Gasteiger partial charge in [-0.2, -0.15) is 0 Å². The molecule has 3 N–H and O–H groups in total. The van der Waals surface area contributed by atoms with Gasteiger partial charge in [-0.05, 0) is 33.6 Å². The van der Waals surface area contributed by atoms with Crippen molar-refractivity contribution in [2.24, 2.45) is 0 Å². The summed E-state index contributed by atoms with van der Waals surface area (Å²) < 4.78 is 0. The van der Waals surface area contributed by atoms with Gasteiger partial charge >= 0.3 is 0 Å². The Bertz CT molecular complexity index is 224. The van der Waals surface area contributed by atoms with Crippen LogP contribution in [0, 0.1) is 0 Å². The molecule has 0 spiro atoms. The third-order valence-electron chi connectivity index (χ3n) is 6.00. The first-order valence-electron chi connectivity index (χ1n) is 11.1. The fourth-order valence-electron chi connectivity index (χ4n) is 3.79. The highest BCUT2D eigenvalue weighted by Gasteiger charge is 2.29. The summed E-state index contributed by atoms with van der Waals surface area (Å²) in [5.41, 5.74) is 0. The lowest BCUT2D eigenvalue weighted by Crippen LogP contribution is -2.07. The summed E-state index contributed by atoms with van der Waals surface area (Å²) in [5, 5.41) is 0. The van der Waals surface area contributed by atoms with Gasteiger partial charge in [-0.1, -0.05) is 84.0 Å². The molecule has 0 fully saturated rings. The van der Waals surface area contributed by atoms with Crippen LogP contribution in [0.15, 0.2) is 0 Å². The summed E-state index contributed by atoms with van der Waals surface area (Å²) in [6.45, 7) is 9.61. The van der Waals surface area contributed by atoms with Gasteiger partial charge in [-0.15, -0.1) is 17.0 Å². The summed E-state index contributed by atoms with van der Waals surface area (Å²) in [6.07, 6.45) is 26.7. The molecule has 0 bridgehead atoms. The highest BCUT2D eigenvalue weighted by molar-refractivity contribution is 8.93. The minimum absolute atomic E-state index is 0. The van der Waals surface area contributed by atoms with Crippen LogP contribution in [0.4, 0.5) is 0 Å². The average molecular weight is 442 g/mol. The average Bonchev–Trinajstić information content (AvgIpc) is 2.59. The molecule has 0 aliphatic heterocycles. The molecular weight excluding hydrogens is 389 g/mol. The van der Waals surface area contributed by atoms with Crippen molar-refractivity contribution in [1.29, 1.82) is 0 Å². The number of hydrogen-bond acceptors (Lipinski definition) is 1. The molecular formula is C22H52BrNP+. The van der Waals surface area contributed by atoms with E-state index in [0.29, 0.717) is 0 Å². The molecule has 0 radical (unpaired) electrons. The molecule has 156 valence electrons. The van der Waals surface area contributed by atoms with E-state index in [2.05, 4.69) is 27.7 Å². The molecule has 0 aromatic carbocycles. The highest BCUT2D eigenvalue weighted by Crippen LogP contribution is 2.58. The van der Waals surface area contributed by atoms with Gasteiger partial charge in [0, 0.05) is 7.26 Å². The van der Waals surface area contributed by atoms with E-state index in [-0.39, 0.29) is 23.1 Å². The number of halogens is 1. The Kier molecular flexibility index (Phi) is 28.0. The van der Waals surface area contributed by atoms with Crippen molar-refractivity contribution < 1.29 is 0 Å². The zero-order valence-electron chi connectivity index (χ0n) is 18.3. The summed E-state index contributed by atoms with van der Waals surface area (Å²) in [4.78, 5) is 0. The molecule has 0 saturated heterocycles. The van der Waals surface area contributed by atoms with Crippen LogP contribution in [-0.4, -0.2) is 24.6 Å². The molecule has 0 saturated carbocycles. The Hall–Kier alpha value is 0.870. The lowest BCUT2D eigenvalue weighted by Gasteiger charge is -2.23. The lowest BCUT2D eigenvalue weighted by molar-refractivity contribution is 0.538. The summed E-state index contributed by atoms with van der Waals surface area (Å²) in [5.74, 6) is 0. The third-order valence-corrected chi connectivity index (χ3v) is 11.3. The Morgan fingerprint density at radius 2 is 0.720 bits per heavy atom. The Morgan fingerprint density at radius 1 is 0.440 bits per heavy atom. The molecule has 0 atom stereocenters. The van der Waals surface area contributed by atoms with E-state index in [4.69, 9.17) is 0 Å². The minimum Gasteiger partial charge on any atom is -0.344 e. The molecule has 1 nitrogen and oxygen atoms in total. The second-order valence-corrected chi connectivity index (χ2v) is 12.6. The van der Waals surface area contributed by atoms with E-state index in [9.17, 15) is 0 Å². The monoisotopic (exact) mass is 440 g/mol. The van der Waals surface area contributed by atoms with Gasteiger partial charge < -0.3 is 6.15 Å². The van der Waals surface area contributed by atoms with Gasteiger partial charge in [0.15, 0.2) is 0 Å². The largest absolute Gasteiger partial charge is 0.344 e. The van der Waals surface area contributed by atoms with Gasteiger partial charge in [-0.3, -0.25) is 0 Å². The quantitative estimate of drug-likeness (QED) is 0.167. The molecule has 0 rings (SSSR count). The van der Waals surface area contributed by atoms with E-state index in [1.54, 1.807) is 6.16 Å². The normalized spacial score (nSPS) is 11.0. The molecule has 25 heavy (non-hydrogen) atoms. The topological polar surface area (TPSA) is 35.0 Å². The van der Waals surface area contributed by atoms with Crippen molar-refractivity contribution >= 4 is 24.2 Å². The van der Waals surface area contributed by atoms with Gasteiger partial charge in [0.25, 0.3) is 0 Å². The maximum Gasteiger partial charge on any atom is 0.0594 e. The fourth-order valence-corrected chi connectivity index (χ4v) is 6.97. The predicted molar refractivity (Wildman–Crippen MR) is 129 cm³/mol. The van der Waals surface area contributed by atoms with Gasteiger partial charge in [0.05, 0.1) is 24.6 Å². The maximum absolute atomic E-state index is 2.44. The Labute approximate surface area is 172 Å². The highest BCUT2D eigenvalue weighted by atomic mass is 79.9. The fraction of sp³-hybridized carbons (Fsp3) is 1.00. The van der Waals surface area contributed by atoms with Gasteiger partial charge in [-0.25, -0.2) is 0 Å². The smallest absolute Gasteiger partial charge is 0.0594 e. The van der Waals surface area contributed by atoms with Crippen LogP contribution in [0.2, 0.25) is 0 Å². The van der Waals surface area contributed by atoms with Crippen LogP contribution in [0.25, 0.3) is 0 Å². The molecule has 0 amide bonds. The van der Waals surface area contributed by atoms with Crippen molar-refractivity contribution in [2.75, 3.05) is 24.6 Å². The molecule has 0 unspecified atom stereocenters. The first kappa shape index (κ1) is 30.6. The van der Waals surface area contributed by atoms with Crippen molar-refractivity contribution in [3.63, 3.8) is 0 Å². The molecule has 0 aliphatic rings. The van der Waals surface area contributed by atoms with Crippen molar-refractivity contribution in [1.82, 2.24) is 6.15 Å². The van der Waals surface area contributed by atoms with E-state index in [0.717, 1.165) is 0 Å². The minimum atomic E-state index is -0.523. The first-order chi connectivity index (χ1) is 11.2. The van der Waals surface area contributed by atoms with Crippen LogP contribution in [0.1, 0.15) is 118 Å². The van der Waals surface area contributed by atoms with E-state index in [1.807, 2.05) is 0 Å². The molecule has 3 heteroatoms. The number of rotatable bonds is 18. The van der Waals surface area contributed by atoms with Crippen molar-refractivity contribution in [2.45, 2.75) is 118 Å². The first-order valence-corrected chi connectivity index (χ1v) is 13.6. The third kappa shape index (κ3) is 18.0. The number of unbranched alkanes of at least 4 members (excludes halogenated alkanes) is 13. The Morgan fingerprint density at radius 3 is 1.00 bits per heavy atom. The summed E-state index contributed by atoms with van der Waals surface area (Å²) in [7, 11) is -0.523. The predicted octanol–water partition coefficient (Wildman–Crippen LogP) is 9.28. The van der Waals surface area contributed by atoms with Crippen LogP contribution in [0.5, 0.6) is 0 Å². The zero-order valence-corrected chi connectivity index (χ0v) is 20.9. The molecule has 0 aliphatic carbocycles. The van der Waals surface area contributed by atoms with Crippen LogP contribution >= 0.6 is 24.2 Å². The summed E-state index contributed by atoms with van der Waals surface area (Å²) >= 11 is 0. The van der Waals surface area contributed by atoms with Crippen molar-refractivity contribution in [3.05, 3.63) is 0 Å². The second kappa shape index (κ2) is 22.9. The molecule has 0 heterocycles. The van der Waals surface area contributed by atoms with Crippen molar-refractivity contribution in [3.8, 4) is 0 Å². The van der Waals surface area contributed by atoms with E-state index >= 15 is 0 Å². The van der Waals surface area contributed by atoms with Crippen LogP contribution in [-0.2, 0) is 0 Å². The summed E-state index contributed by atoms with van der Waals surface area (Å²) in [6, 6.07) is 0. The van der Waals surface area contributed by atoms with Gasteiger partial charge in [0.1, 0.15) is 0 Å². The molecule has 0 aromatic rings. The van der Waals surface area contributed by atoms with Crippen LogP contribution < -0.4 is 6.15 Å². The SMILES string of the molecule is Br.CCCCCCCCCCCCCCCC[P+](CC)(CC)CC.N. The van der Waals surface area contributed by atoms with Gasteiger partial charge in [0.2, 0.25) is 0 Å². The lowest BCUT2D eigenvalue weighted by atomic mass is 10.0. The second-order valence-electron chi connectivity index (χ2n) is 7.61. The standard InChI is InChI=1S/C22H48P.BrH.H3N/c1-5-9-10-11-12-13-14-15-16-17-18-19-20-21-22-23(6-2,7-3)8-4;;/h5-22H2,1-4H3;1H;1H3/q+1;;. The molecule has 0 aromatic heterocycles. The Balaban J connectivity index is -0.00000242.